The summed E-state index contributed by atoms with van der Waals surface area (Å²) in [6.07, 6.45) is 4.83. The van der Waals surface area contributed by atoms with Gasteiger partial charge in [-0.05, 0) is 48.7 Å². The third-order valence-corrected chi connectivity index (χ3v) is 5.22. The molecule has 0 atom stereocenters. The Labute approximate surface area is 173 Å². The number of rotatable bonds is 5. The van der Waals surface area contributed by atoms with Crippen LogP contribution >= 0.6 is 0 Å². The van der Waals surface area contributed by atoms with Crippen LogP contribution in [-0.4, -0.2) is 33.8 Å². The fraction of sp³-hybridized carbons (Fsp3) is 0.273. The largest absolute Gasteiger partial charge is 0.355 e. The van der Waals surface area contributed by atoms with Crippen molar-refractivity contribution >= 4 is 11.7 Å². The maximum absolute atomic E-state index is 13.5. The van der Waals surface area contributed by atoms with E-state index in [1.807, 2.05) is 17.0 Å². The molecule has 1 aliphatic heterocycles. The zero-order valence-corrected chi connectivity index (χ0v) is 16.4. The third kappa shape index (κ3) is 4.53. The summed E-state index contributed by atoms with van der Waals surface area (Å²) < 4.78 is 14.7. The Bertz CT molecular complexity index is 1080. The SMILES string of the molecule is O=C(NCc1cccnc1)C1CCN(c2ccc(=O)n(-c3cccc(F)c3)n2)CC1. The van der Waals surface area contributed by atoms with Gasteiger partial charge in [0.2, 0.25) is 5.91 Å². The Morgan fingerprint density at radius 1 is 1.13 bits per heavy atom. The number of anilines is 1. The molecule has 0 bridgehead atoms. The van der Waals surface area contributed by atoms with Crippen LogP contribution in [0, 0.1) is 11.7 Å². The molecule has 8 heteroatoms. The maximum atomic E-state index is 13.5. The lowest BCUT2D eigenvalue weighted by molar-refractivity contribution is -0.125. The fourth-order valence-electron chi connectivity index (χ4n) is 3.57. The number of halogens is 1. The number of hydrogen-bond acceptors (Lipinski definition) is 5. The quantitative estimate of drug-likeness (QED) is 0.702. The van der Waals surface area contributed by atoms with Crippen molar-refractivity contribution in [2.75, 3.05) is 18.0 Å². The lowest BCUT2D eigenvalue weighted by Crippen LogP contribution is -2.41. The molecule has 1 N–H and O–H groups in total. The second-order valence-electron chi connectivity index (χ2n) is 7.26. The molecule has 1 aromatic carbocycles. The van der Waals surface area contributed by atoms with Gasteiger partial charge in [0.25, 0.3) is 5.56 Å². The minimum Gasteiger partial charge on any atom is -0.355 e. The number of pyridine rings is 1. The van der Waals surface area contributed by atoms with Gasteiger partial charge in [-0.1, -0.05) is 12.1 Å². The van der Waals surface area contributed by atoms with Gasteiger partial charge in [0.1, 0.15) is 11.6 Å². The van der Waals surface area contributed by atoms with Gasteiger partial charge >= 0.3 is 0 Å². The molecule has 1 amide bonds. The highest BCUT2D eigenvalue weighted by atomic mass is 19.1. The highest BCUT2D eigenvalue weighted by Crippen LogP contribution is 2.22. The topological polar surface area (TPSA) is 80.1 Å². The number of carbonyl (C=O) groups excluding carboxylic acids is 1. The molecule has 30 heavy (non-hydrogen) atoms. The van der Waals surface area contributed by atoms with Crippen LogP contribution in [0.25, 0.3) is 5.69 Å². The summed E-state index contributed by atoms with van der Waals surface area (Å²) in [5.41, 5.74) is 1.02. The molecule has 1 saturated heterocycles. The van der Waals surface area contributed by atoms with Gasteiger partial charge in [0.05, 0.1) is 5.69 Å². The summed E-state index contributed by atoms with van der Waals surface area (Å²) in [5, 5.41) is 7.38. The lowest BCUT2D eigenvalue weighted by Gasteiger charge is -2.32. The zero-order valence-electron chi connectivity index (χ0n) is 16.4. The highest BCUT2D eigenvalue weighted by molar-refractivity contribution is 5.78. The molecular formula is C22H22FN5O2. The Morgan fingerprint density at radius 3 is 2.70 bits per heavy atom. The average Bonchev–Trinajstić information content (AvgIpc) is 2.78. The van der Waals surface area contributed by atoms with Crippen molar-refractivity contribution in [3.05, 3.63) is 82.7 Å². The molecule has 3 aromatic rings. The highest BCUT2D eigenvalue weighted by Gasteiger charge is 2.25. The predicted octanol–water partition coefficient (Wildman–Crippen LogP) is 2.30. The van der Waals surface area contributed by atoms with Crippen molar-refractivity contribution in [1.82, 2.24) is 20.1 Å². The molecule has 2 aromatic heterocycles. The molecule has 7 nitrogen and oxygen atoms in total. The predicted molar refractivity (Wildman–Crippen MR) is 111 cm³/mol. The molecule has 3 heterocycles. The van der Waals surface area contributed by atoms with Gasteiger partial charge < -0.3 is 10.2 Å². The summed E-state index contributed by atoms with van der Waals surface area (Å²) in [4.78, 5) is 30.8. The minimum absolute atomic E-state index is 0.0381. The standard InChI is InChI=1S/C22H22FN5O2/c23-18-4-1-5-19(13-18)28-21(29)7-6-20(26-28)27-11-8-17(9-12-27)22(30)25-15-16-3-2-10-24-14-16/h1-7,10,13-14,17H,8-9,11-12,15H2,(H,25,30). The van der Waals surface area contributed by atoms with E-state index in [1.165, 1.54) is 22.9 Å². The van der Waals surface area contributed by atoms with E-state index in [0.717, 1.165) is 5.56 Å². The van der Waals surface area contributed by atoms with E-state index < -0.39 is 5.82 Å². The van der Waals surface area contributed by atoms with Crippen molar-refractivity contribution in [2.45, 2.75) is 19.4 Å². The van der Waals surface area contributed by atoms with Gasteiger partial charge in [0, 0.05) is 44.0 Å². The second-order valence-corrected chi connectivity index (χ2v) is 7.26. The molecule has 1 fully saturated rings. The molecule has 0 radical (unpaired) electrons. The van der Waals surface area contributed by atoms with Gasteiger partial charge in [-0.2, -0.15) is 4.68 Å². The van der Waals surface area contributed by atoms with E-state index in [0.29, 0.717) is 44.0 Å². The zero-order chi connectivity index (χ0) is 20.9. The number of nitrogens with zero attached hydrogens (tertiary/aromatic N) is 4. The summed E-state index contributed by atoms with van der Waals surface area (Å²) >= 11 is 0. The summed E-state index contributed by atoms with van der Waals surface area (Å²) in [6, 6.07) is 12.6. The number of hydrogen-bond donors (Lipinski definition) is 1. The maximum Gasteiger partial charge on any atom is 0.271 e. The summed E-state index contributed by atoms with van der Waals surface area (Å²) in [7, 11) is 0. The molecule has 0 aliphatic carbocycles. The summed E-state index contributed by atoms with van der Waals surface area (Å²) in [6.45, 7) is 1.77. The number of piperidine rings is 1. The van der Waals surface area contributed by atoms with Crippen molar-refractivity contribution < 1.29 is 9.18 Å². The number of aromatic nitrogens is 3. The smallest absolute Gasteiger partial charge is 0.271 e. The Hall–Kier alpha value is -3.55. The first-order valence-corrected chi connectivity index (χ1v) is 9.88. The van der Waals surface area contributed by atoms with Crippen LogP contribution in [0.1, 0.15) is 18.4 Å². The first-order chi connectivity index (χ1) is 14.6. The molecule has 4 rings (SSSR count). The van der Waals surface area contributed by atoms with E-state index >= 15 is 0 Å². The molecule has 154 valence electrons. The lowest BCUT2D eigenvalue weighted by atomic mass is 9.96. The molecule has 0 unspecified atom stereocenters. The molecular weight excluding hydrogens is 385 g/mol. The van der Waals surface area contributed by atoms with Crippen LogP contribution in [0.4, 0.5) is 10.2 Å². The number of carbonyl (C=O) groups is 1. The van der Waals surface area contributed by atoms with Gasteiger partial charge in [-0.3, -0.25) is 14.6 Å². The van der Waals surface area contributed by atoms with E-state index in [-0.39, 0.29) is 17.4 Å². The van der Waals surface area contributed by atoms with Gasteiger partial charge in [-0.25, -0.2) is 4.39 Å². The fourth-order valence-corrected chi connectivity index (χ4v) is 3.57. The van der Waals surface area contributed by atoms with Crippen LogP contribution < -0.4 is 15.8 Å². The number of nitrogens with one attached hydrogen (secondary N) is 1. The van der Waals surface area contributed by atoms with Crippen molar-refractivity contribution in [2.24, 2.45) is 5.92 Å². The van der Waals surface area contributed by atoms with Crippen molar-refractivity contribution in [3.63, 3.8) is 0 Å². The first-order valence-electron chi connectivity index (χ1n) is 9.88. The van der Waals surface area contributed by atoms with Crippen molar-refractivity contribution in [1.29, 1.82) is 0 Å². The van der Waals surface area contributed by atoms with Gasteiger partial charge in [0.15, 0.2) is 0 Å². The number of benzene rings is 1. The van der Waals surface area contributed by atoms with Crippen LogP contribution in [0.3, 0.4) is 0 Å². The van der Waals surface area contributed by atoms with E-state index in [4.69, 9.17) is 0 Å². The van der Waals surface area contributed by atoms with E-state index in [2.05, 4.69) is 15.4 Å². The van der Waals surface area contributed by atoms with Gasteiger partial charge in [-0.15, -0.1) is 5.10 Å². The monoisotopic (exact) mass is 407 g/mol. The Kier molecular flexibility index (Phi) is 5.83. The number of amides is 1. The Balaban J connectivity index is 1.39. The molecule has 0 saturated carbocycles. The average molecular weight is 407 g/mol. The van der Waals surface area contributed by atoms with Crippen LogP contribution in [0.15, 0.2) is 65.7 Å². The normalized spacial score (nSPS) is 14.5. The molecule has 1 aliphatic rings. The van der Waals surface area contributed by atoms with E-state index in [1.54, 1.807) is 30.6 Å². The Morgan fingerprint density at radius 2 is 1.97 bits per heavy atom. The summed E-state index contributed by atoms with van der Waals surface area (Å²) in [5.74, 6) is 0.182. The minimum atomic E-state index is -0.426. The molecule has 0 spiro atoms. The third-order valence-electron chi connectivity index (χ3n) is 5.22. The van der Waals surface area contributed by atoms with Crippen LogP contribution in [0.5, 0.6) is 0 Å². The van der Waals surface area contributed by atoms with E-state index in [9.17, 15) is 14.0 Å². The van der Waals surface area contributed by atoms with Crippen molar-refractivity contribution in [3.8, 4) is 5.69 Å². The first kappa shape index (κ1) is 19.8. The van der Waals surface area contributed by atoms with Crippen LogP contribution in [0.2, 0.25) is 0 Å². The van der Waals surface area contributed by atoms with Crippen LogP contribution in [-0.2, 0) is 11.3 Å². The second kappa shape index (κ2) is 8.86.